The standard InChI is InChI=1S/C19H15BrO2/c1-13-6-11-18(17-5-3-2-4-16(13)17)19(21)22-12-14-7-9-15(20)10-8-14/h2-11H,12H2,1H3. The number of halogens is 1. The molecular formula is C19H15BrO2. The lowest BCUT2D eigenvalue weighted by molar-refractivity contribution is 0.0475. The van der Waals surface area contributed by atoms with E-state index in [1.807, 2.05) is 67.6 Å². The zero-order valence-electron chi connectivity index (χ0n) is 12.2. The first-order valence-corrected chi connectivity index (χ1v) is 7.84. The highest BCUT2D eigenvalue weighted by molar-refractivity contribution is 9.10. The van der Waals surface area contributed by atoms with Crippen LogP contribution in [0.4, 0.5) is 0 Å². The highest BCUT2D eigenvalue weighted by Crippen LogP contribution is 2.23. The molecule has 0 bridgehead atoms. The molecule has 2 nitrogen and oxygen atoms in total. The maximum Gasteiger partial charge on any atom is 0.339 e. The lowest BCUT2D eigenvalue weighted by atomic mass is 10.0. The Balaban J connectivity index is 1.83. The van der Waals surface area contributed by atoms with E-state index in [2.05, 4.69) is 15.9 Å². The molecule has 0 aliphatic heterocycles. The number of carbonyl (C=O) groups is 1. The first kappa shape index (κ1) is 14.8. The van der Waals surface area contributed by atoms with Gasteiger partial charge in [0, 0.05) is 4.47 Å². The molecule has 0 heterocycles. The largest absolute Gasteiger partial charge is 0.457 e. The summed E-state index contributed by atoms with van der Waals surface area (Å²) in [6.07, 6.45) is 0. The quantitative estimate of drug-likeness (QED) is 0.599. The van der Waals surface area contributed by atoms with Crippen molar-refractivity contribution in [1.82, 2.24) is 0 Å². The van der Waals surface area contributed by atoms with Crippen LogP contribution in [-0.4, -0.2) is 5.97 Å². The fourth-order valence-electron chi connectivity index (χ4n) is 2.44. The molecule has 0 N–H and O–H groups in total. The van der Waals surface area contributed by atoms with Gasteiger partial charge in [-0.05, 0) is 47.0 Å². The maximum absolute atomic E-state index is 12.4. The summed E-state index contributed by atoms with van der Waals surface area (Å²) >= 11 is 3.39. The lowest BCUT2D eigenvalue weighted by Crippen LogP contribution is -2.06. The van der Waals surface area contributed by atoms with Crippen LogP contribution < -0.4 is 0 Å². The molecule has 0 aliphatic rings. The molecular weight excluding hydrogens is 340 g/mol. The van der Waals surface area contributed by atoms with E-state index >= 15 is 0 Å². The molecule has 0 saturated carbocycles. The molecule has 22 heavy (non-hydrogen) atoms. The van der Waals surface area contributed by atoms with E-state index in [0.29, 0.717) is 5.56 Å². The first-order valence-electron chi connectivity index (χ1n) is 7.05. The van der Waals surface area contributed by atoms with Crippen molar-refractivity contribution in [2.75, 3.05) is 0 Å². The third-order valence-electron chi connectivity index (χ3n) is 3.65. The number of carbonyl (C=O) groups excluding carboxylic acids is 1. The van der Waals surface area contributed by atoms with Gasteiger partial charge in [0.15, 0.2) is 0 Å². The van der Waals surface area contributed by atoms with E-state index in [4.69, 9.17) is 4.74 Å². The molecule has 110 valence electrons. The average molecular weight is 355 g/mol. The van der Waals surface area contributed by atoms with Gasteiger partial charge < -0.3 is 4.74 Å². The van der Waals surface area contributed by atoms with Crippen LogP contribution in [0.1, 0.15) is 21.5 Å². The fourth-order valence-corrected chi connectivity index (χ4v) is 2.70. The van der Waals surface area contributed by atoms with Crippen molar-refractivity contribution in [3.8, 4) is 0 Å². The molecule has 0 amide bonds. The molecule has 0 saturated heterocycles. The van der Waals surface area contributed by atoms with Gasteiger partial charge in [-0.2, -0.15) is 0 Å². The summed E-state index contributed by atoms with van der Waals surface area (Å²) in [5.74, 6) is -0.292. The minimum absolute atomic E-state index is 0.272. The Labute approximate surface area is 137 Å². The van der Waals surface area contributed by atoms with Gasteiger partial charge in [0.2, 0.25) is 0 Å². The summed E-state index contributed by atoms with van der Waals surface area (Å²) in [6.45, 7) is 2.31. The topological polar surface area (TPSA) is 26.3 Å². The Morgan fingerprint density at radius 1 is 0.955 bits per heavy atom. The van der Waals surface area contributed by atoms with E-state index in [1.54, 1.807) is 0 Å². The Hall–Kier alpha value is -2.13. The van der Waals surface area contributed by atoms with Crippen LogP contribution in [0, 0.1) is 6.92 Å². The van der Waals surface area contributed by atoms with Gasteiger partial charge in [0.25, 0.3) is 0 Å². The van der Waals surface area contributed by atoms with Crippen molar-refractivity contribution in [2.45, 2.75) is 13.5 Å². The summed E-state index contributed by atoms with van der Waals surface area (Å²) < 4.78 is 6.45. The van der Waals surface area contributed by atoms with Crippen LogP contribution in [0.25, 0.3) is 10.8 Å². The molecule has 0 unspecified atom stereocenters. The second-order valence-electron chi connectivity index (χ2n) is 5.18. The molecule has 3 rings (SSSR count). The summed E-state index contributed by atoms with van der Waals surface area (Å²) in [5, 5.41) is 2.02. The Bertz CT molecular complexity index is 822. The highest BCUT2D eigenvalue weighted by atomic mass is 79.9. The molecule has 0 aliphatic carbocycles. The molecule has 3 aromatic rings. The zero-order valence-corrected chi connectivity index (χ0v) is 13.8. The number of hydrogen-bond acceptors (Lipinski definition) is 2. The minimum atomic E-state index is -0.292. The van der Waals surface area contributed by atoms with Crippen LogP contribution in [0.15, 0.2) is 65.1 Å². The molecule has 3 aromatic carbocycles. The van der Waals surface area contributed by atoms with E-state index in [0.717, 1.165) is 26.4 Å². The SMILES string of the molecule is Cc1ccc(C(=O)OCc2ccc(Br)cc2)c2ccccc12. The van der Waals surface area contributed by atoms with Gasteiger partial charge in [-0.25, -0.2) is 4.79 Å². The number of ether oxygens (including phenoxy) is 1. The van der Waals surface area contributed by atoms with Crippen molar-refractivity contribution >= 4 is 32.7 Å². The van der Waals surface area contributed by atoms with Crippen LogP contribution in [0.5, 0.6) is 0 Å². The number of hydrogen-bond donors (Lipinski definition) is 0. The van der Waals surface area contributed by atoms with Gasteiger partial charge in [-0.3, -0.25) is 0 Å². The monoisotopic (exact) mass is 354 g/mol. The van der Waals surface area contributed by atoms with Crippen molar-refractivity contribution in [1.29, 1.82) is 0 Å². The third-order valence-corrected chi connectivity index (χ3v) is 4.17. The van der Waals surface area contributed by atoms with Gasteiger partial charge in [-0.15, -0.1) is 0 Å². The molecule has 0 aromatic heterocycles. The predicted molar refractivity (Wildman–Crippen MR) is 91.9 cm³/mol. The van der Waals surface area contributed by atoms with E-state index in [-0.39, 0.29) is 12.6 Å². The lowest BCUT2D eigenvalue weighted by Gasteiger charge is -2.09. The number of aryl methyl sites for hydroxylation is 1. The van der Waals surface area contributed by atoms with E-state index in [9.17, 15) is 4.79 Å². The van der Waals surface area contributed by atoms with Gasteiger partial charge in [0.05, 0.1) is 5.56 Å². The molecule has 0 atom stereocenters. The number of benzene rings is 3. The Kier molecular flexibility index (Phi) is 4.25. The van der Waals surface area contributed by atoms with E-state index < -0.39 is 0 Å². The van der Waals surface area contributed by atoms with Crippen LogP contribution in [-0.2, 0) is 11.3 Å². The summed E-state index contributed by atoms with van der Waals surface area (Å²) in [6, 6.07) is 19.4. The second kappa shape index (κ2) is 6.32. The fraction of sp³-hybridized carbons (Fsp3) is 0.105. The summed E-state index contributed by atoms with van der Waals surface area (Å²) in [4.78, 5) is 12.4. The van der Waals surface area contributed by atoms with Gasteiger partial charge >= 0.3 is 5.97 Å². The van der Waals surface area contributed by atoms with E-state index in [1.165, 1.54) is 0 Å². The van der Waals surface area contributed by atoms with Gasteiger partial charge in [-0.1, -0.05) is 58.4 Å². The average Bonchev–Trinajstić information content (AvgIpc) is 2.55. The van der Waals surface area contributed by atoms with Gasteiger partial charge in [0.1, 0.15) is 6.61 Å². The predicted octanol–water partition coefficient (Wildman–Crippen LogP) is 5.27. The molecule has 0 fully saturated rings. The maximum atomic E-state index is 12.4. The number of esters is 1. The smallest absolute Gasteiger partial charge is 0.339 e. The molecule has 3 heteroatoms. The number of fused-ring (bicyclic) bond motifs is 1. The Morgan fingerprint density at radius 3 is 2.36 bits per heavy atom. The van der Waals surface area contributed by atoms with Crippen molar-refractivity contribution in [2.24, 2.45) is 0 Å². The molecule has 0 spiro atoms. The minimum Gasteiger partial charge on any atom is -0.457 e. The second-order valence-corrected chi connectivity index (χ2v) is 6.09. The first-order chi connectivity index (χ1) is 10.6. The third kappa shape index (κ3) is 3.04. The van der Waals surface area contributed by atoms with Crippen molar-refractivity contribution in [3.05, 3.63) is 81.8 Å². The highest BCUT2D eigenvalue weighted by Gasteiger charge is 2.12. The zero-order chi connectivity index (χ0) is 15.5. The number of rotatable bonds is 3. The van der Waals surface area contributed by atoms with Crippen molar-refractivity contribution < 1.29 is 9.53 Å². The Morgan fingerprint density at radius 2 is 1.64 bits per heavy atom. The summed E-state index contributed by atoms with van der Waals surface area (Å²) in [5.41, 5.74) is 2.73. The normalized spacial score (nSPS) is 10.6. The van der Waals surface area contributed by atoms with Crippen LogP contribution >= 0.6 is 15.9 Å². The van der Waals surface area contributed by atoms with Crippen LogP contribution in [0.2, 0.25) is 0 Å². The van der Waals surface area contributed by atoms with Crippen molar-refractivity contribution in [3.63, 3.8) is 0 Å². The summed E-state index contributed by atoms with van der Waals surface area (Å²) in [7, 11) is 0. The molecule has 0 radical (unpaired) electrons. The van der Waals surface area contributed by atoms with Crippen LogP contribution in [0.3, 0.4) is 0 Å².